The van der Waals surface area contributed by atoms with E-state index < -0.39 is 21.8 Å². The van der Waals surface area contributed by atoms with E-state index in [-0.39, 0.29) is 17.5 Å². The first-order chi connectivity index (χ1) is 16.0. The SMILES string of the molecule is CNC(=O)c1ccc(C(C(N)=O)c2ccc(N(Cc3cccc(Cl)c3Cl)S(C)(=O)=O)cc2)cc1. The Morgan fingerprint density at radius 3 is 2.03 bits per heavy atom. The van der Waals surface area contributed by atoms with Crippen molar-refractivity contribution >= 4 is 50.7 Å². The number of hydrogen-bond acceptors (Lipinski definition) is 4. The fourth-order valence-electron chi connectivity index (χ4n) is 3.55. The van der Waals surface area contributed by atoms with Gasteiger partial charge in [-0.1, -0.05) is 59.6 Å². The Balaban J connectivity index is 1.94. The van der Waals surface area contributed by atoms with E-state index in [0.717, 1.165) is 6.26 Å². The van der Waals surface area contributed by atoms with Gasteiger partial charge in [-0.2, -0.15) is 0 Å². The molecule has 3 rings (SSSR count). The summed E-state index contributed by atoms with van der Waals surface area (Å²) >= 11 is 12.3. The number of nitrogens with one attached hydrogen (secondary N) is 1. The van der Waals surface area contributed by atoms with Crippen molar-refractivity contribution in [3.05, 3.63) is 99.0 Å². The van der Waals surface area contributed by atoms with Gasteiger partial charge in [-0.15, -0.1) is 0 Å². The van der Waals surface area contributed by atoms with Crippen LogP contribution in [0.3, 0.4) is 0 Å². The van der Waals surface area contributed by atoms with Crippen LogP contribution >= 0.6 is 23.2 Å². The summed E-state index contributed by atoms with van der Waals surface area (Å²) in [4.78, 5) is 24.1. The number of nitrogens with two attached hydrogens (primary N) is 1. The smallest absolute Gasteiger partial charge is 0.251 e. The van der Waals surface area contributed by atoms with Crippen molar-refractivity contribution in [2.75, 3.05) is 17.6 Å². The summed E-state index contributed by atoms with van der Waals surface area (Å²) in [6.07, 6.45) is 1.10. The quantitative estimate of drug-likeness (QED) is 0.469. The minimum absolute atomic E-state index is 0.0161. The first kappa shape index (κ1) is 25.6. The third-order valence-corrected chi connectivity index (χ3v) is 7.28. The number of halogens is 2. The molecule has 10 heteroatoms. The van der Waals surface area contributed by atoms with Crippen LogP contribution < -0.4 is 15.4 Å². The Kier molecular flexibility index (Phi) is 7.86. The van der Waals surface area contributed by atoms with Gasteiger partial charge < -0.3 is 11.1 Å². The normalized spacial score (nSPS) is 12.1. The van der Waals surface area contributed by atoms with Gasteiger partial charge in [0.15, 0.2) is 0 Å². The highest BCUT2D eigenvalue weighted by Gasteiger charge is 2.23. The molecule has 0 aliphatic heterocycles. The van der Waals surface area contributed by atoms with Crippen LogP contribution in [0.1, 0.15) is 33.0 Å². The predicted molar refractivity (Wildman–Crippen MR) is 135 cm³/mol. The second-order valence-corrected chi connectivity index (χ2v) is 10.3. The molecule has 1 atom stereocenters. The van der Waals surface area contributed by atoms with Gasteiger partial charge in [0.2, 0.25) is 15.9 Å². The van der Waals surface area contributed by atoms with Crippen LogP contribution in [0, 0.1) is 0 Å². The van der Waals surface area contributed by atoms with Crippen LogP contribution in [-0.4, -0.2) is 33.5 Å². The van der Waals surface area contributed by atoms with E-state index in [1.807, 2.05) is 0 Å². The fraction of sp³-hybridized carbons (Fsp3) is 0.167. The van der Waals surface area contributed by atoms with Crippen molar-refractivity contribution in [1.82, 2.24) is 5.32 Å². The van der Waals surface area contributed by atoms with E-state index in [1.165, 1.54) is 11.4 Å². The summed E-state index contributed by atoms with van der Waals surface area (Å²) in [5.41, 5.74) is 8.26. The molecular formula is C24H23Cl2N3O4S. The number of rotatable bonds is 8. The molecule has 0 fully saturated rings. The minimum atomic E-state index is -3.66. The Bertz CT molecular complexity index is 1310. The number of sulfonamides is 1. The van der Waals surface area contributed by atoms with Crippen molar-refractivity contribution in [1.29, 1.82) is 0 Å². The first-order valence-corrected chi connectivity index (χ1v) is 12.7. The van der Waals surface area contributed by atoms with Crippen molar-refractivity contribution in [3.8, 4) is 0 Å². The number of amides is 2. The van der Waals surface area contributed by atoms with Gasteiger partial charge in [0.1, 0.15) is 0 Å². The van der Waals surface area contributed by atoms with Gasteiger partial charge in [-0.25, -0.2) is 8.42 Å². The molecule has 0 spiro atoms. The zero-order valence-corrected chi connectivity index (χ0v) is 20.8. The molecule has 0 saturated carbocycles. The summed E-state index contributed by atoms with van der Waals surface area (Å²) in [6, 6.07) is 18.1. The molecule has 7 nitrogen and oxygen atoms in total. The molecule has 0 heterocycles. The van der Waals surface area contributed by atoms with Gasteiger partial charge in [0.05, 0.1) is 34.5 Å². The topological polar surface area (TPSA) is 110 Å². The standard InChI is InChI=1S/C24H23Cl2N3O4S/c1-28-24(31)17-8-6-15(7-9-17)21(23(27)30)16-10-12-19(13-11-16)29(34(2,32)33)14-18-4-3-5-20(25)22(18)26/h3-13,21H,14H2,1-2H3,(H2,27,30)(H,28,31). The molecule has 0 aliphatic carbocycles. The lowest BCUT2D eigenvalue weighted by atomic mass is 9.90. The Morgan fingerprint density at radius 2 is 1.53 bits per heavy atom. The van der Waals surface area contributed by atoms with Gasteiger partial charge in [-0.3, -0.25) is 13.9 Å². The molecule has 2 amide bonds. The van der Waals surface area contributed by atoms with Crippen LogP contribution in [0.4, 0.5) is 5.69 Å². The Hall–Kier alpha value is -3.07. The largest absolute Gasteiger partial charge is 0.369 e. The third kappa shape index (κ3) is 5.70. The maximum absolute atomic E-state index is 12.5. The minimum Gasteiger partial charge on any atom is -0.369 e. The van der Waals surface area contributed by atoms with Crippen molar-refractivity contribution < 1.29 is 18.0 Å². The maximum atomic E-state index is 12.5. The van der Waals surface area contributed by atoms with Gasteiger partial charge in [0, 0.05) is 12.6 Å². The highest BCUT2D eigenvalue weighted by atomic mass is 35.5. The monoisotopic (exact) mass is 519 g/mol. The average molecular weight is 520 g/mol. The number of carbonyl (C=O) groups is 2. The third-order valence-electron chi connectivity index (χ3n) is 5.28. The number of benzene rings is 3. The van der Waals surface area contributed by atoms with Crippen molar-refractivity contribution in [2.24, 2.45) is 5.73 Å². The average Bonchev–Trinajstić information content (AvgIpc) is 2.80. The summed E-state index contributed by atoms with van der Waals surface area (Å²) in [5, 5.41) is 3.15. The van der Waals surface area contributed by atoms with Crippen LogP contribution in [-0.2, 0) is 21.4 Å². The zero-order valence-electron chi connectivity index (χ0n) is 18.5. The number of anilines is 1. The molecule has 3 N–H and O–H groups in total. The molecule has 0 radical (unpaired) electrons. The van der Waals surface area contributed by atoms with E-state index in [9.17, 15) is 18.0 Å². The molecule has 0 bridgehead atoms. The van der Waals surface area contributed by atoms with E-state index in [2.05, 4.69) is 5.32 Å². The van der Waals surface area contributed by atoms with Crippen LogP contribution in [0.2, 0.25) is 10.0 Å². The summed E-state index contributed by atoms with van der Waals surface area (Å²) in [7, 11) is -2.13. The van der Waals surface area contributed by atoms with Gasteiger partial charge in [0.25, 0.3) is 5.91 Å². The second kappa shape index (κ2) is 10.5. The zero-order chi connectivity index (χ0) is 25.0. The second-order valence-electron chi connectivity index (χ2n) is 7.61. The molecule has 0 saturated heterocycles. The molecule has 34 heavy (non-hydrogen) atoms. The maximum Gasteiger partial charge on any atom is 0.251 e. The molecule has 0 aromatic heterocycles. The molecular weight excluding hydrogens is 497 g/mol. The first-order valence-electron chi connectivity index (χ1n) is 10.1. The lowest BCUT2D eigenvalue weighted by molar-refractivity contribution is -0.118. The Morgan fingerprint density at radius 1 is 0.971 bits per heavy atom. The van der Waals surface area contributed by atoms with Crippen LogP contribution in [0.15, 0.2) is 66.7 Å². The number of hydrogen-bond donors (Lipinski definition) is 2. The summed E-state index contributed by atoms with van der Waals surface area (Å²) in [6.45, 7) is -0.0161. The summed E-state index contributed by atoms with van der Waals surface area (Å²) < 4.78 is 26.3. The number of primary amides is 1. The van der Waals surface area contributed by atoms with E-state index in [4.69, 9.17) is 28.9 Å². The predicted octanol–water partition coefficient (Wildman–Crippen LogP) is 3.94. The molecule has 178 valence electrons. The van der Waals surface area contributed by atoms with E-state index >= 15 is 0 Å². The lowest BCUT2D eigenvalue weighted by Crippen LogP contribution is -2.29. The van der Waals surface area contributed by atoms with Crippen molar-refractivity contribution in [3.63, 3.8) is 0 Å². The lowest BCUT2D eigenvalue weighted by Gasteiger charge is -2.24. The Labute approximate surface area is 208 Å². The number of nitrogens with zero attached hydrogens (tertiary/aromatic N) is 1. The summed E-state index contributed by atoms with van der Waals surface area (Å²) in [5.74, 6) is -1.60. The van der Waals surface area contributed by atoms with E-state index in [1.54, 1.807) is 66.7 Å². The van der Waals surface area contributed by atoms with Crippen LogP contribution in [0.5, 0.6) is 0 Å². The van der Waals surface area contributed by atoms with E-state index in [0.29, 0.717) is 33.0 Å². The van der Waals surface area contributed by atoms with Crippen molar-refractivity contribution in [2.45, 2.75) is 12.5 Å². The molecule has 0 aliphatic rings. The highest BCUT2D eigenvalue weighted by Crippen LogP contribution is 2.31. The van der Waals surface area contributed by atoms with Gasteiger partial charge in [-0.05, 0) is 47.0 Å². The van der Waals surface area contributed by atoms with Gasteiger partial charge >= 0.3 is 0 Å². The molecule has 3 aromatic carbocycles. The van der Waals surface area contributed by atoms with Crippen LogP contribution in [0.25, 0.3) is 0 Å². The number of carbonyl (C=O) groups excluding carboxylic acids is 2. The molecule has 1 unspecified atom stereocenters. The fourth-order valence-corrected chi connectivity index (χ4v) is 4.81. The molecule has 3 aromatic rings. The highest BCUT2D eigenvalue weighted by molar-refractivity contribution is 7.92.